The van der Waals surface area contributed by atoms with E-state index in [1.807, 2.05) is 31.2 Å². The maximum atomic E-state index is 6.06. The van der Waals surface area contributed by atoms with Crippen molar-refractivity contribution in [2.24, 2.45) is 0 Å². The highest BCUT2D eigenvalue weighted by atomic mass is 16.5. The third-order valence-corrected chi connectivity index (χ3v) is 5.78. The van der Waals surface area contributed by atoms with Crippen molar-refractivity contribution >= 4 is 17.0 Å². The third kappa shape index (κ3) is 4.14. The van der Waals surface area contributed by atoms with E-state index in [1.165, 1.54) is 16.7 Å². The van der Waals surface area contributed by atoms with Gasteiger partial charge in [-0.15, -0.1) is 0 Å². The number of hydrogen-bond donors (Lipinski definition) is 0. The fourth-order valence-electron chi connectivity index (χ4n) is 4.15. The SMILES string of the molecule is CCOCn1c(N2CCc3ccc(OCc4ccccc4)cc3C2)nc2ccccc21. The Labute approximate surface area is 182 Å². The van der Waals surface area contributed by atoms with Crippen molar-refractivity contribution in [3.05, 3.63) is 89.5 Å². The molecule has 1 aromatic heterocycles. The molecule has 0 unspecified atom stereocenters. The fraction of sp³-hybridized carbons (Fsp3) is 0.269. The maximum Gasteiger partial charge on any atom is 0.208 e. The molecule has 0 saturated heterocycles. The van der Waals surface area contributed by atoms with Gasteiger partial charge in [0.25, 0.3) is 0 Å². The van der Waals surface area contributed by atoms with E-state index in [0.29, 0.717) is 19.9 Å². The van der Waals surface area contributed by atoms with Gasteiger partial charge in [0, 0.05) is 19.7 Å². The van der Waals surface area contributed by atoms with E-state index in [0.717, 1.165) is 42.2 Å². The highest BCUT2D eigenvalue weighted by molar-refractivity contribution is 5.78. The zero-order chi connectivity index (χ0) is 21.0. The first-order valence-electron chi connectivity index (χ1n) is 10.9. The number of para-hydroxylation sites is 2. The van der Waals surface area contributed by atoms with Crippen molar-refractivity contribution < 1.29 is 9.47 Å². The van der Waals surface area contributed by atoms with Crippen molar-refractivity contribution in [2.45, 2.75) is 33.2 Å². The van der Waals surface area contributed by atoms with E-state index in [9.17, 15) is 0 Å². The van der Waals surface area contributed by atoms with Crippen molar-refractivity contribution in [3.8, 4) is 5.75 Å². The monoisotopic (exact) mass is 413 g/mol. The fourth-order valence-corrected chi connectivity index (χ4v) is 4.15. The van der Waals surface area contributed by atoms with E-state index in [1.54, 1.807) is 0 Å². The summed E-state index contributed by atoms with van der Waals surface area (Å²) in [7, 11) is 0. The molecule has 1 aliphatic rings. The molecule has 3 aromatic carbocycles. The number of anilines is 1. The summed E-state index contributed by atoms with van der Waals surface area (Å²) in [6.07, 6.45) is 0.992. The molecule has 0 radical (unpaired) electrons. The van der Waals surface area contributed by atoms with Crippen LogP contribution in [0.2, 0.25) is 0 Å². The van der Waals surface area contributed by atoms with E-state index in [-0.39, 0.29) is 0 Å². The van der Waals surface area contributed by atoms with Gasteiger partial charge >= 0.3 is 0 Å². The molecule has 0 fully saturated rings. The van der Waals surface area contributed by atoms with E-state index in [2.05, 4.69) is 58.0 Å². The smallest absolute Gasteiger partial charge is 0.208 e. The summed E-state index contributed by atoms with van der Waals surface area (Å²) >= 11 is 0. The molecule has 5 nitrogen and oxygen atoms in total. The number of hydrogen-bond acceptors (Lipinski definition) is 4. The lowest BCUT2D eigenvalue weighted by atomic mass is 10.00. The normalized spacial score (nSPS) is 13.4. The summed E-state index contributed by atoms with van der Waals surface area (Å²) in [5.41, 5.74) is 5.97. The van der Waals surface area contributed by atoms with Crippen LogP contribution in [0.15, 0.2) is 72.8 Å². The van der Waals surface area contributed by atoms with Crippen molar-refractivity contribution in [3.63, 3.8) is 0 Å². The molecule has 0 aliphatic carbocycles. The van der Waals surface area contributed by atoms with Crippen molar-refractivity contribution in [2.75, 3.05) is 18.1 Å². The number of benzene rings is 3. The molecule has 0 bridgehead atoms. The molecule has 31 heavy (non-hydrogen) atoms. The molecule has 158 valence electrons. The summed E-state index contributed by atoms with van der Waals surface area (Å²) in [5.74, 6) is 1.88. The molecule has 0 amide bonds. The molecule has 0 saturated carbocycles. The second-order valence-corrected chi connectivity index (χ2v) is 7.83. The van der Waals surface area contributed by atoms with Gasteiger partial charge in [0.1, 0.15) is 19.1 Å². The molecule has 1 aliphatic heterocycles. The van der Waals surface area contributed by atoms with Crippen LogP contribution in [0.25, 0.3) is 11.0 Å². The first-order chi connectivity index (χ1) is 15.3. The predicted octanol–water partition coefficient (Wildman–Crippen LogP) is 5.17. The van der Waals surface area contributed by atoms with Crippen molar-refractivity contribution in [1.82, 2.24) is 9.55 Å². The number of imidazole rings is 1. The maximum absolute atomic E-state index is 6.06. The Morgan fingerprint density at radius 3 is 2.65 bits per heavy atom. The molecule has 0 atom stereocenters. The first-order valence-corrected chi connectivity index (χ1v) is 10.9. The van der Waals surface area contributed by atoms with Crippen LogP contribution >= 0.6 is 0 Å². The Hall–Kier alpha value is -3.31. The third-order valence-electron chi connectivity index (χ3n) is 5.78. The van der Waals surface area contributed by atoms with Gasteiger partial charge in [-0.1, -0.05) is 48.5 Å². The molecular weight excluding hydrogens is 386 g/mol. The van der Waals surface area contributed by atoms with Crippen LogP contribution in [0.4, 0.5) is 5.95 Å². The molecular formula is C26H27N3O2. The lowest BCUT2D eigenvalue weighted by Crippen LogP contribution is -2.32. The van der Waals surface area contributed by atoms with Crippen LogP contribution in [0.1, 0.15) is 23.6 Å². The Kier molecular flexibility index (Phi) is 5.59. The van der Waals surface area contributed by atoms with Gasteiger partial charge < -0.3 is 14.4 Å². The first kappa shape index (κ1) is 19.6. The van der Waals surface area contributed by atoms with Crippen molar-refractivity contribution in [1.29, 1.82) is 0 Å². The molecule has 5 rings (SSSR count). The number of aromatic nitrogens is 2. The van der Waals surface area contributed by atoms with Gasteiger partial charge in [-0.2, -0.15) is 0 Å². The number of ether oxygens (including phenoxy) is 2. The number of rotatable bonds is 7. The summed E-state index contributed by atoms with van der Waals surface area (Å²) < 4.78 is 14.0. The highest BCUT2D eigenvalue weighted by Gasteiger charge is 2.22. The Morgan fingerprint density at radius 1 is 0.935 bits per heavy atom. The number of nitrogens with zero attached hydrogens (tertiary/aromatic N) is 3. The second kappa shape index (κ2) is 8.82. The zero-order valence-electron chi connectivity index (χ0n) is 17.8. The Balaban J connectivity index is 1.39. The minimum atomic E-state index is 0.510. The van der Waals surface area contributed by atoms with Crippen LogP contribution in [-0.4, -0.2) is 22.7 Å². The van der Waals surface area contributed by atoms with E-state index < -0.39 is 0 Å². The Morgan fingerprint density at radius 2 is 1.77 bits per heavy atom. The average Bonchev–Trinajstić information content (AvgIpc) is 3.20. The van der Waals surface area contributed by atoms with Gasteiger partial charge in [0.2, 0.25) is 5.95 Å². The van der Waals surface area contributed by atoms with Gasteiger partial charge in [-0.25, -0.2) is 4.98 Å². The number of fused-ring (bicyclic) bond motifs is 2. The second-order valence-electron chi connectivity index (χ2n) is 7.83. The Bertz CT molecular complexity index is 1170. The summed E-state index contributed by atoms with van der Waals surface area (Å²) in [5, 5.41) is 0. The van der Waals surface area contributed by atoms with Crippen LogP contribution in [0.5, 0.6) is 5.75 Å². The molecule has 0 spiro atoms. The topological polar surface area (TPSA) is 39.5 Å². The van der Waals surface area contributed by atoms with E-state index >= 15 is 0 Å². The van der Waals surface area contributed by atoms with Gasteiger partial charge in [-0.05, 0) is 54.3 Å². The zero-order valence-corrected chi connectivity index (χ0v) is 17.8. The molecule has 5 heteroatoms. The highest BCUT2D eigenvalue weighted by Crippen LogP contribution is 2.30. The van der Waals surface area contributed by atoms with Crippen LogP contribution in [-0.2, 0) is 31.0 Å². The van der Waals surface area contributed by atoms with Crippen LogP contribution in [0, 0.1) is 0 Å². The van der Waals surface area contributed by atoms with Crippen LogP contribution in [0.3, 0.4) is 0 Å². The minimum Gasteiger partial charge on any atom is -0.489 e. The molecule has 0 N–H and O–H groups in total. The van der Waals surface area contributed by atoms with Crippen LogP contribution < -0.4 is 9.64 Å². The lowest BCUT2D eigenvalue weighted by molar-refractivity contribution is 0.0912. The molecule has 2 heterocycles. The quantitative estimate of drug-likeness (QED) is 0.419. The molecule has 4 aromatic rings. The minimum absolute atomic E-state index is 0.510. The lowest BCUT2D eigenvalue weighted by Gasteiger charge is -2.30. The summed E-state index contributed by atoms with van der Waals surface area (Å²) in [6, 6.07) is 25.0. The predicted molar refractivity (Wildman–Crippen MR) is 123 cm³/mol. The largest absolute Gasteiger partial charge is 0.489 e. The van der Waals surface area contributed by atoms with Gasteiger partial charge in [0.15, 0.2) is 0 Å². The summed E-state index contributed by atoms with van der Waals surface area (Å²) in [6.45, 7) is 5.53. The van der Waals surface area contributed by atoms with Gasteiger partial charge in [-0.3, -0.25) is 4.57 Å². The van der Waals surface area contributed by atoms with E-state index in [4.69, 9.17) is 14.5 Å². The average molecular weight is 414 g/mol. The van der Waals surface area contributed by atoms with Gasteiger partial charge in [0.05, 0.1) is 11.0 Å². The summed E-state index contributed by atoms with van der Waals surface area (Å²) in [4.78, 5) is 7.29. The standard InChI is InChI=1S/C26H27N3O2/c1-2-30-19-29-25-11-7-6-10-24(25)27-26(29)28-15-14-21-12-13-23(16-22(21)17-28)31-18-20-8-4-3-5-9-20/h3-13,16H,2,14-15,17-19H2,1H3.